The fourth-order valence-electron chi connectivity index (χ4n) is 3.51. The number of piperidine rings is 1. The van der Waals surface area contributed by atoms with E-state index in [0.717, 1.165) is 19.5 Å². The van der Waals surface area contributed by atoms with Crippen molar-refractivity contribution in [3.05, 3.63) is 48.3 Å². The molecule has 9 heteroatoms. The van der Waals surface area contributed by atoms with Crippen LogP contribution in [0, 0.1) is 11.7 Å². The third-order valence-electron chi connectivity index (χ3n) is 5.05. The quantitative estimate of drug-likeness (QED) is 0.624. The van der Waals surface area contributed by atoms with Gasteiger partial charge in [-0.15, -0.1) is 0 Å². The van der Waals surface area contributed by atoms with Crippen molar-refractivity contribution in [2.45, 2.75) is 32.5 Å². The van der Waals surface area contributed by atoms with Crippen molar-refractivity contribution in [1.82, 2.24) is 19.8 Å². The smallest absolute Gasteiger partial charge is 0.387 e. The van der Waals surface area contributed by atoms with Crippen molar-refractivity contribution in [3.8, 4) is 5.75 Å². The van der Waals surface area contributed by atoms with Crippen LogP contribution in [0.25, 0.3) is 0 Å². The van der Waals surface area contributed by atoms with Crippen LogP contribution >= 0.6 is 0 Å². The van der Waals surface area contributed by atoms with Gasteiger partial charge in [-0.1, -0.05) is 13.0 Å². The van der Waals surface area contributed by atoms with Crippen molar-refractivity contribution in [1.29, 1.82) is 0 Å². The van der Waals surface area contributed by atoms with Crippen molar-refractivity contribution >= 4 is 5.96 Å². The molecular formula is C19H24F3N5O. The second kappa shape index (κ2) is 8.99. The van der Waals surface area contributed by atoms with E-state index >= 15 is 0 Å². The summed E-state index contributed by atoms with van der Waals surface area (Å²) >= 11 is 0. The number of nitrogens with zero attached hydrogens (tertiary/aromatic N) is 4. The predicted molar refractivity (Wildman–Crippen MR) is 99.8 cm³/mol. The molecule has 1 aliphatic heterocycles. The molecule has 1 aliphatic rings. The number of nitrogens with one attached hydrogen (secondary N) is 1. The summed E-state index contributed by atoms with van der Waals surface area (Å²) in [7, 11) is 1.64. The van der Waals surface area contributed by atoms with Crippen LogP contribution in [-0.2, 0) is 6.54 Å². The lowest BCUT2D eigenvalue weighted by atomic mass is 9.93. The first-order valence-electron chi connectivity index (χ1n) is 9.14. The van der Waals surface area contributed by atoms with Gasteiger partial charge in [-0.25, -0.2) is 9.37 Å². The minimum atomic E-state index is -3.01. The molecule has 0 aliphatic carbocycles. The van der Waals surface area contributed by atoms with Gasteiger partial charge < -0.3 is 19.5 Å². The third-order valence-corrected chi connectivity index (χ3v) is 5.05. The van der Waals surface area contributed by atoms with Crippen molar-refractivity contribution in [3.63, 3.8) is 0 Å². The number of halogens is 3. The molecule has 1 saturated heterocycles. The van der Waals surface area contributed by atoms with E-state index in [4.69, 9.17) is 0 Å². The molecule has 152 valence electrons. The largest absolute Gasteiger partial charge is 0.434 e. The lowest BCUT2D eigenvalue weighted by molar-refractivity contribution is -0.0506. The fourth-order valence-corrected chi connectivity index (χ4v) is 3.51. The van der Waals surface area contributed by atoms with Gasteiger partial charge in [0.15, 0.2) is 5.96 Å². The summed E-state index contributed by atoms with van der Waals surface area (Å²) in [6.45, 7) is 0.687. The maximum Gasteiger partial charge on any atom is 0.387 e. The molecule has 28 heavy (non-hydrogen) atoms. The van der Waals surface area contributed by atoms with Crippen molar-refractivity contribution in [2.24, 2.45) is 10.9 Å². The lowest BCUT2D eigenvalue weighted by Gasteiger charge is -2.39. The van der Waals surface area contributed by atoms with E-state index in [1.807, 2.05) is 6.20 Å². The summed E-state index contributed by atoms with van der Waals surface area (Å²) in [4.78, 5) is 10.5. The Bertz CT molecular complexity index is 797. The van der Waals surface area contributed by atoms with Gasteiger partial charge in [0.05, 0.1) is 12.4 Å². The topological polar surface area (TPSA) is 54.7 Å². The first-order chi connectivity index (χ1) is 13.5. The first kappa shape index (κ1) is 20.0. The fraction of sp³-hybridized carbons (Fsp3) is 0.474. The minimum Gasteiger partial charge on any atom is -0.434 e. The highest BCUT2D eigenvalue weighted by atomic mass is 19.3. The van der Waals surface area contributed by atoms with Gasteiger partial charge in [-0.2, -0.15) is 8.78 Å². The molecule has 0 spiro atoms. The summed E-state index contributed by atoms with van der Waals surface area (Å²) < 4.78 is 45.9. The summed E-state index contributed by atoms with van der Waals surface area (Å²) in [5.41, 5.74) is 0.0421. The van der Waals surface area contributed by atoms with Crippen LogP contribution in [0.5, 0.6) is 5.75 Å². The predicted octanol–water partition coefficient (Wildman–Crippen LogP) is 3.28. The Labute approximate surface area is 162 Å². The molecule has 1 aromatic carbocycles. The van der Waals surface area contributed by atoms with Crippen LogP contribution in [0.4, 0.5) is 13.2 Å². The van der Waals surface area contributed by atoms with Crippen LogP contribution in [0.3, 0.4) is 0 Å². The highest BCUT2D eigenvalue weighted by molar-refractivity contribution is 5.80. The van der Waals surface area contributed by atoms with E-state index in [-0.39, 0.29) is 23.9 Å². The molecule has 3 rings (SSSR count). The third kappa shape index (κ3) is 4.58. The van der Waals surface area contributed by atoms with E-state index in [1.54, 1.807) is 19.6 Å². The van der Waals surface area contributed by atoms with Crippen LogP contribution in [0.1, 0.15) is 24.9 Å². The van der Waals surface area contributed by atoms with Gasteiger partial charge in [0, 0.05) is 44.6 Å². The Morgan fingerprint density at radius 2 is 2.25 bits per heavy atom. The zero-order valence-corrected chi connectivity index (χ0v) is 15.9. The zero-order valence-electron chi connectivity index (χ0n) is 15.9. The monoisotopic (exact) mass is 395 g/mol. The minimum absolute atomic E-state index is 0.0107. The van der Waals surface area contributed by atoms with Crippen LogP contribution in [0.15, 0.2) is 41.9 Å². The van der Waals surface area contributed by atoms with Crippen molar-refractivity contribution in [2.75, 3.05) is 20.1 Å². The number of hydrogen-bond donors (Lipinski definition) is 1. The Morgan fingerprint density at radius 1 is 1.43 bits per heavy atom. The summed E-state index contributed by atoms with van der Waals surface area (Å²) in [6, 6.07) is 4.12. The molecule has 0 saturated carbocycles. The number of likely N-dealkylation sites (tertiary alicyclic amines) is 1. The summed E-state index contributed by atoms with van der Waals surface area (Å²) in [6.07, 6.45) is 6.45. The van der Waals surface area contributed by atoms with Gasteiger partial charge in [0.25, 0.3) is 0 Å². The molecular weight excluding hydrogens is 371 g/mol. The lowest BCUT2D eigenvalue weighted by Crippen LogP contribution is -2.48. The average Bonchev–Trinajstić information content (AvgIpc) is 3.19. The highest BCUT2D eigenvalue weighted by Crippen LogP contribution is 2.28. The number of hydrogen-bond acceptors (Lipinski definition) is 3. The zero-order chi connectivity index (χ0) is 20.1. The van der Waals surface area contributed by atoms with Gasteiger partial charge in [0.1, 0.15) is 11.6 Å². The molecule has 1 fully saturated rings. The highest BCUT2D eigenvalue weighted by Gasteiger charge is 2.29. The van der Waals surface area contributed by atoms with E-state index in [0.29, 0.717) is 11.9 Å². The number of imidazole rings is 1. The van der Waals surface area contributed by atoms with Crippen LogP contribution < -0.4 is 10.1 Å². The van der Waals surface area contributed by atoms with Gasteiger partial charge in [0.2, 0.25) is 0 Å². The second-order valence-electron chi connectivity index (χ2n) is 6.79. The van der Waals surface area contributed by atoms with Gasteiger partial charge in [-0.05, 0) is 24.5 Å². The number of aromatic nitrogens is 2. The van der Waals surface area contributed by atoms with Gasteiger partial charge in [-0.3, -0.25) is 4.99 Å². The van der Waals surface area contributed by atoms with Crippen LogP contribution in [0.2, 0.25) is 0 Å². The Hall–Kier alpha value is -2.71. The molecule has 2 aromatic rings. The van der Waals surface area contributed by atoms with Crippen molar-refractivity contribution < 1.29 is 17.9 Å². The number of guanidine groups is 1. The molecule has 0 amide bonds. The Kier molecular flexibility index (Phi) is 6.43. The first-order valence-corrected chi connectivity index (χ1v) is 9.14. The Balaban J connectivity index is 1.70. The number of alkyl halides is 2. The summed E-state index contributed by atoms with van der Waals surface area (Å²) in [5.74, 6) is 0.274. The average molecular weight is 395 g/mol. The second-order valence-corrected chi connectivity index (χ2v) is 6.79. The molecule has 0 radical (unpaired) electrons. The molecule has 1 aromatic heterocycles. The van der Waals surface area contributed by atoms with E-state index in [9.17, 15) is 13.2 Å². The molecule has 6 nitrogen and oxygen atoms in total. The van der Waals surface area contributed by atoms with Gasteiger partial charge >= 0.3 is 6.61 Å². The maximum atomic E-state index is 14.2. The Morgan fingerprint density at radius 3 is 2.93 bits per heavy atom. The number of benzene rings is 1. The molecule has 2 unspecified atom stereocenters. The molecule has 2 heterocycles. The standard InChI is InChI=1S/C19H24F3N5O/c1-13-6-8-26(11-16(13)27-9-7-24-12-27)19(23-2)25-10-14-15(20)4-3-5-17(14)28-18(21)22/h3-5,7,9,12-13,16,18H,6,8,10-11H2,1-2H3,(H,23,25). The van der Waals surface area contributed by atoms with E-state index in [2.05, 4.69) is 36.4 Å². The van der Waals surface area contributed by atoms with E-state index < -0.39 is 12.4 Å². The number of rotatable bonds is 5. The van der Waals surface area contributed by atoms with Crippen LogP contribution in [-0.4, -0.2) is 47.2 Å². The van der Waals surface area contributed by atoms with E-state index in [1.165, 1.54) is 18.2 Å². The molecule has 1 N–H and O–H groups in total. The normalized spacial score (nSPS) is 20.5. The SMILES string of the molecule is CN=C(NCc1c(F)cccc1OC(F)F)N1CCC(C)C(n2ccnc2)C1. The summed E-state index contributed by atoms with van der Waals surface area (Å²) in [5, 5.41) is 3.08. The number of aliphatic imine (C=N–C) groups is 1. The number of ether oxygens (including phenoxy) is 1. The maximum absolute atomic E-state index is 14.2. The molecule has 0 bridgehead atoms. The molecule has 2 atom stereocenters.